The van der Waals surface area contributed by atoms with Crippen LogP contribution in [0.5, 0.6) is 0 Å². The molecule has 528 valence electrons. The molecule has 0 aliphatic heterocycles. The molecule has 0 aromatic rings. The standard InChI is InChI=1S/2C39H78O4S.Ca/c2*1-3-5-7-9-11-13-15-17-18-19-20-21-22-23-25-27-29-31-33-35-37-39(38-43-44(40,41)42)36-34-32-30-28-26-24-16-14-12-10-8-6-4-2;/h2*35,37,39H,3-34,36,38H2,1-2H3,(H,40,41,42);/q;;+2/p-2/b2*37-35+;. The predicted molar refractivity (Wildman–Crippen MR) is 390 cm³/mol. The average Bonchev–Trinajstić information content (AvgIpc) is 3.53. The molecule has 0 aliphatic carbocycles. The van der Waals surface area contributed by atoms with E-state index in [4.69, 9.17) is 0 Å². The van der Waals surface area contributed by atoms with Crippen LogP contribution in [0.15, 0.2) is 24.3 Å². The maximum Gasteiger partial charge on any atom is 2.00 e. The molecule has 0 N–H and O–H groups in total. The molecule has 0 aliphatic rings. The van der Waals surface area contributed by atoms with Gasteiger partial charge in [0.15, 0.2) is 0 Å². The molecule has 2 unspecified atom stereocenters. The van der Waals surface area contributed by atoms with E-state index in [0.717, 1.165) is 38.5 Å². The fraction of sp³-hybridized carbons (Fsp3) is 0.949. The maximum atomic E-state index is 11.0. The van der Waals surface area contributed by atoms with Gasteiger partial charge in [0.25, 0.3) is 0 Å². The second kappa shape index (κ2) is 79.2. The summed E-state index contributed by atoms with van der Waals surface area (Å²) in [7, 11) is -9.25. The number of unbranched alkanes of at least 4 members (excludes halogenated alkanes) is 60. The van der Waals surface area contributed by atoms with Crippen LogP contribution in [-0.2, 0) is 29.2 Å². The molecule has 0 amide bonds. The van der Waals surface area contributed by atoms with Crippen molar-refractivity contribution in [3.05, 3.63) is 24.3 Å². The Kier molecular flexibility index (Phi) is 83.3. The van der Waals surface area contributed by atoms with E-state index >= 15 is 0 Å². The number of rotatable bonds is 74. The van der Waals surface area contributed by atoms with Crippen molar-refractivity contribution in [3.63, 3.8) is 0 Å². The molecule has 0 fully saturated rings. The first-order valence-corrected chi connectivity index (χ1v) is 42.2. The molecule has 0 rings (SSSR count). The molecule has 8 nitrogen and oxygen atoms in total. The first-order valence-electron chi connectivity index (χ1n) is 39.5. The van der Waals surface area contributed by atoms with Crippen LogP contribution in [0.3, 0.4) is 0 Å². The number of allylic oxidation sites excluding steroid dienone is 2. The number of hydrogen-bond acceptors (Lipinski definition) is 8. The van der Waals surface area contributed by atoms with Crippen molar-refractivity contribution in [2.75, 3.05) is 13.2 Å². The van der Waals surface area contributed by atoms with E-state index in [0.29, 0.717) is 0 Å². The largest absolute Gasteiger partial charge is 2.00 e. The Balaban J connectivity index is -0.00000164. The van der Waals surface area contributed by atoms with Crippen molar-refractivity contribution >= 4 is 58.5 Å². The molecule has 0 saturated heterocycles. The van der Waals surface area contributed by atoms with Crippen LogP contribution in [0.25, 0.3) is 0 Å². The zero-order valence-electron chi connectivity index (χ0n) is 60.3. The van der Waals surface area contributed by atoms with Gasteiger partial charge in [0.1, 0.15) is 0 Å². The summed E-state index contributed by atoms with van der Waals surface area (Å²) in [6.45, 7) is 9.08. The fourth-order valence-corrected chi connectivity index (χ4v) is 13.2. The summed E-state index contributed by atoms with van der Waals surface area (Å²) in [4.78, 5) is 0. The molecule has 89 heavy (non-hydrogen) atoms. The van der Waals surface area contributed by atoms with Gasteiger partial charge < -0.3 is 9.11 Å². The van der Waals surface area contributed by atoms with Crippen molar-refractivity contribution in [1.82, 2.24) is 0 Å². The van der Waals surface area contributed by atoms with E-state index in [-0.39, 0.29) is 62.8 Å². The first-order chi connectivity index (χ1) is 43.0. The third-order valence-corrected chi connectivity index (χ3v) is 19.3. The van der Waals surface area contributed by atoms with Crippen molar-refractivity contribution in [1.29, 1.82) is 0 Å². The van der Waals surface area contributed by atoms with Gasteiger partial charge in [-0.1, -0.05) is 437 Å². The fourth-order valence-electron chi connectivity index (χ4n) is 12.6. The van der Waals surface area contributed by atoms with E-state index in [9.17, 15) is 25.9 Å². The summed E-state index contributed by atoms with van der Waals surface area (Å²) >= 11 is 0. The summed E-state index contributed by atoms with van der Waals surface area (Å²) in [5.74, 6) is 0.0314. The van der Waals surface area contributed by atoms with Gasteiger partial charge in [-0.25, -0.2) is 16.8 Å². The third-order valence-electron chi connectivity index (χ3n) is 18.5. The molecule has 0 aromatic heterocycles. The molecule has 0 spiro atoms. The Morgan fingerprint density at radius 1 is 0.247 bits per heavy atom. The Morgan fingerprint density at radius 2 is 0.393 bits per heavy atom. The molecular formula is C78H154CaO8S2. The monoisotopic (exact) mass is 1320 g/mol. The normalized spacial score (nSPS) is 12.7. The minimum Gasteiger partial charge on any atom is -0.726 e. The zero-order chi connectivity index (χ0) is 64.5. The Bertz CT molecular complexity index is 1480. The predicted octanol–water partition coefficient (Wildman–Crippen LogP) is 26.7. The van der Waals surface area contributed by atoms with Gasteiger partial charge in [-0.05, 0) is 38.5 Å². The summed E-state index contributed by atoms with van der Waals surface area (Å²) in [5.41, 5.74) is 0. The van der Waals surface area contributed by atoms with Gasteiger partial charge in [0, 0.05) is 11.8 Å². The van der Waals surface area contributed by atoms with Gasteiger partial charge >= 0.3 is 37.7 Å². The topological polar surface area (TPSA) is 133 Å². The summed E-state index contributed by atoms with van der Waals surface area (Å²) in [5, 5.41) is 0. The second-order valence-electron chi connectivity index (χ2n) is 27.4. The minimum atomic E-state index is -4.62. The second-order valence-corrected chi connectivity index (χ2v) is 29.5. The molecule has 0 bridgehead atoms. The van der Waals surface area contributed by atoms with Crippen LogP contribution in [0.4, 0.5) is 0 Å². The summed E-state index contributed by atoms with van der Waals surface area (Å²) in [6, 6.07) is 0. The van der Waals surface area contributed by atoms with E-state index in [1.165, 1.54) is 385 Å². The van der Waals surface area contributed by atoms with Crippen LogP contribution in [0.2, 0.25) is 0 Å². The van der Waals surface area contributed by atoms with E-state index in [1.807, 2.05) is 0 Å². The molecular weight excluding hydrogens is 1170 g/mol. The van der Waals surface area contributed by atoms with Crippen LogP contribution in [0.1, 0.15) is 451 Å². The van der Waals surface area contributed by atoms with Crippen molar-refractivity contribution in [2.45, 2.75) is 451 Å². The van der Waals surface area contributed by atoms with Gasteiger partial charge in [0.05, 0.1) is 13.2 Å². The maximum absolute atomic E-state index is 11.0. The van der Waals surface area contributed by atoms with Gasteiger partial charge in [-0.15, -0.1) is 0 Å². The van der Waals surface area contributed by atoms with Gasteiger partial charge in [-0.3, -0.25) is 8.37 Å². The van der Waals surface area contributed by atoms with Crippen molar-refractivity contribution in [2.24, 2.45) is 11.8 Å². The van der Waals surface area contributed by atoms with Crippen LogP contribution in [-0.4, -0.2) is 76.9 Å². The van der Waals surface area contributed by atoms with Crippen LogP contribution in [0, 0.1) is 11.8 Å². The Labute approximate surface area is 588 Å². The smallest absolute Gasteiger partial charge is 0.726 e. The first kappa shape index (κ1) is 93.7. The van der Waals surface area contributed by atoms with Gasteiger partial charge in [-0.2, -0.15) is 0 Å². The van der Waals surface area contributed by atoms with Crippen LogP contribution >= 0.6 is 0 Å². The zero-order valence-corrected chi connectivity index (χ0v) is 64.2. The third kappa shape index (κ3) is 88.5. The van der Waals surface area contributed by atoms with Gasteiger partial charge in [0.2, 0.25) is 20.8 Å². The SMILES string of the molecule is CCCCCCCCCCCCCCCCCCCC/C=C/C(CCCCCCCCCCCCCCC)COS(=O)(=O)[O-].CCCCCCCCCCCCCCCCCCCC/C=C/C(CCCCCCCCCCCCCCC)COS(=O)(=O)[O-].[Ca+2]. The van der Waals surface area contributed by atoms with Crippen molar-refractivity contribution < 1.29 is 34.3 Å². The molecule has 2 atom stereocenters. The van der Waals surface area contributed by atoms with Crippen molar-refractivity contribution in [3.8, 4) is 0 Å². The van der Waals surface area contributed by atoms with E-state index < -0.39 is 20.8 Å². The molecule has 0 aromatic carbocycles. The summed E-state index contributed by atoms with van der Waals surface area (Å²) in [6.07, 6.45) is 96.5. The van der Waals surface area contributed by atoms with E-state index in [1.54, 1.807) is 0 Å². The molecule has 0 saturated carbocycles. The quantitative estimate of drug-likeness (QED) is 0.0193. The van der Waals surface area contributed by atoms with E-state index in [2.05, 4.69) is 60.4 Å². The average molecular weight is 1320 g/mol. The summed E-state index contributed by atoms with van der Waals surface area (Å²) < 4.78 is 75.1. The molecule has 0 heterocycles. The molecule has 11 heteroatoms. The number of hydrogen-bond donors (Lipinski definition) is 0. The molecule has 0 radical (unpaired) electrons. The Morgan fingerprint density at radius 3 is 0.551 bits per heavy atom. The van der Waals surface area contributed by atoms with Crippen LogP contribution < -0.4 is 0 Å². The minimum absolute atomic E-state index is 0. The Hall–Kier alpha value is 0.480.